The predicted octanol–water partition coefficient (Wildman–Crippen LogP) is 5.45. The number of carbonyl (C=O) groups is 3. The summed E-state index contributed by atoms with van der Waals surface area (Å²) >= 11 is 0. The molecule has 0 bridgehead atoms. The van der Waals surface area contributed by atoms with Crippen LogP contribution in [0.15, 0.2) is 101 Å². The molecule has 0 fully saturated rings. The fourth-order valence-electron chi connectivity index (χ4n) is 3.88. The van der Waals surface area contributed by atoms with Crippen LogP contribution in [0.1, 0.15) is 32.0 Å². The maximum Gasteiger partial charge on any atom is 0.338 e. The van der Waals surface area contributed by atoms with Gasteiger partial charge in [-0.2, -0.15) is 5.10 Å². The molecule has 2 amide bonds. The minimum Gasteiger partial charge on any atom is -0.452 e. The van der Waals surface area contributed by atoms with E-state index in [4.69, 9.17) is 9.15 Å². The summed E-state index contributed by atoms with van der Waals surface area (Å²) in [6, 6.07) is 27.0. The van der Waals surface area contributed by atoms with Crippen molar-refractivity contribution >= 4 is 51.4 Å². The number of aryl methyl sites for hydroxylation is 1. The number of hydrazone groups is 1. The Kier molecular flexibility index (Phi) is 6.95. The Balaban J connectivity index is 1.14. The maximum atomic E-state index is 12.5. The second-order valence-electron chi connectivity index (χ2n) is 8.62. The topological polar surface area (TPSA) is 110 Å². The lowest BCUT2D eigenvalue weighted by Gasteiger charge is -2.07. The number of furan rings is 1. The fraction of sp³-hybridized carbons (Fsp3) is 0.0667. The van der Waals surface area contributed by atoms with Gasteiger partial charge in [0.25, 0.3) is 5.91 Å². The Morgan fingerprint density at radius 3 is 2.45 bits per heavy atom. The predicted molar refractivity (Wildman–Crippen MR) is 145 cm³/mol. The molecule has 38 heavy (non-hydrogen) atoms. The minimum atomic E-state index is -0.627. The van der Waals surface area contributed by atoms with Crippen LogP contribution >= 0.6 is 0 Å². The third-order valence-corrected chi connectivity index (χ3v) is 5.85. The molecular formula is C30H23N3O5. The van der Waals surface area contributed by atoms with E-state index in [-0.39, 0.29) is 11.3 Å². The third-order valence-electron chi connectivity index (χ3n) is 5.85. The second-order valence-corrected chi connectivity index (χ2v) is 8.62. The van der Waals surface area contributed by atoms with Crippen LogP contribution in [0, 0.1) is 6.92 Å². The van der Waals surface area contributed by atoms with Gasteiger partial charge in [-0.15, -0.1) is 0 Å². The van der Waals surface area contributed by atoms with Crippen molar-refractivity contribution in [2.45, 2.75) is 6.92 Å². The molecule has 0 radical (unpaired) electrons. The number of esters is 1. The summed E-state index contributed by atoms with van der Waals surface area (Å²) in [7, 11) is 0. The Hall–Kier alpha value is -5.24. The van der Waals surface area contributed by atoms with Crippen molar-refractivity contribution in [3.05, 3.63) is 113 Å². The zero-order chi connectivity index (χ0) is 26.5. The van der Waals surface area contributed by atoms with Gasteiger partial charge in [-0.1, -0.05) is 60.2 Å². The zero-order valence-corrected chi connectivity index (χ0v) is 20.4. The Morgan fingerprint density at radius 1 is 0.895 bits per heavy atom. The number of rotatable bonds is 7. The van der Waals surface area contributed by atoms with Crippen LogP contribution in [0.3, 0.4) is 0 Å². The van der Waals surface area contributed by atoms with E-state index in [1.54, 1.807) is 42.5 Å². The molecule has 0 aliphatic heterocycles. The van der Waals surface area contributed by atoms with Crippen molar-refractivity contribution in [2.75, 3.05) is 11.9 Å². The highest BCUT2D eigenvalue weighted by atomic mass is 16.5. The van der Waals surface area contributed by atoms with Crippen molar-refractivity contribution in [1.29, 1.82) is 0 Å². The van der Waals surface area contributed by atoms with E-state index >= 15 is 0 Å². The molecule has 8 heteroatoms. The van der Waals surface area contributed by atoms with E-state index in [2.05, 4.69) is 15.8 Å². The van der Waals surface area contributed by atoms with E-state index in [0.29, 0.717) is 16.8 Å². The number of fused-ring (bicyclic) bond motifs is 3. The highest BCUT2D eigenvalue weighted by Gasteiger charge is 2.14. The molecule has 5 aromatic rings. The number of nitrogens with zero attached hydrogens (tertiary/aromatic N) is 1. The van der Waals surface area contributed by atoms with Crippen LogP contribution in [-0.2, 0) is 9.53 Å². The molecule has 4 aromatic carbocycles. The average molecular weight is 506 g/mol. The van der Waals surface area contributed by atoms with Crippen molar-refractivity contribution in [3.8, 4) is 0 Å². The lowest BCUT2D eigenvalue weighted by atomic mass is 10.1. The van der Waals surface area contributed by atoms with E-state index in [9.17, 15) is 14.4 Å². The molecule has 188 valence electrons. The molecule has 1 heterocycles. The number of ether oxygens (including phenoxy) is 1. The number of hydrogen-bond donors (Lipinski definition) is 2. The van der Waals surface area contributed by atoms with E-state index in [0.717, 1.165) is 21.7 Å². The largest absolute Gasteiger partial charge is 0.452 e. The lowest BCUT2D eigenvalue weighted by molar-refractivity contribution is -0.119. The summed E-state index contributed by atoms with van der Waals surface area (Å²) < 4.78 is 10.8. The Morgan fingerprint density at radius 2 is 1.66 bits per heavy atom. The fourth-order valence-corrected chi connectivity index (χ4v) is 3.88. The molecule has 0 aliphatic carbocycles. The summed E-state index contributed by atoms with van der Waals surface area (Å²) in [5.74, 6) is -1.39. The van der Waals surface area contributed by atoms with Crippen molar-refractivity contribution in [2.24, 2.45) is 5.10 Å². The smallest absolute Gasteiger partial charge is 0.338 e. The normalized spacial score (nSPS) is 11.1. The number of benzene rings is 4. The van der Waals surface area contributed by atoms with Gasteiger partial charge in [-0.3, -0.25) is 9.59 Å². The third kappa shape index (κ3) is 5.60. The van der Waals surface area contributed by atoms with Crippen LogP contribution in [-0.4, -0.2) is 30.6 Å². The molecule has 0 aliphatic rings. The first-order valence-corrected chi connectivity index (χ1v) is 11.8. The highest BCUT2D eigenvalue weighted by molar-refractivity contribution is 6.08. The summed E-state index contributed by atoms with van der Waals surface area (Å²) in [5, 5.41) is 9.56. The highest BCUT2D eigenvalue weighted by Crippen LogP contribution is 2.28. The molecule has 0 unspecified atom stereocenters. The first kappa shape index (κ1) is 24.5. The van der Waals surface area contributed by atoms with Crippen molar-refractivity contribution in [1.82, 2.24) is 5.43 Å². The van der Waals surface area contributed by atoms with Gasteiger partial charge in [0.15, 0.2) is 12.4 Å². The van der Waals surface area contributed by atoms with Crippen LogP contribution in [0.25, 0.3) is 21.7 Å². The Bertz CT molecular complexity index is 1670. The van der Waals surface area contributed by atoms with Crippen molar-refractivity contribution in [3.63, 3.8) is 0 Å². The minimum absolute atomic E-state index is 0.151. The van der Waals surface area contributed by atoms with Gasteiger partial charge in [0, 0.05) is 11.1 Å². The number of nitrogens with one attached hydrogen (secondary N) is 2. The summed E-state index contributed by atoms with van der Waals surface area (Å²) in [5.41, 5.74) is 5.70. The van der Waals surface area contributed by atoms with Crippen LogP contribution in [0.2, 0.25) is 0 Å². The molecule has 0 atom stereocenters. The van der Waals surface area contributed by atoms with Gasteiger partial charge in [0.1, 0.15) is 5.58 Å². The average Bonchev–Trinajstić information content (AvgIpc) is 3.39. The monoisotopic (exact) mass is 505 g/mol. The standard InChI is InChI=1S/C30H23N3O5/c1-19-6-13-23(14-7-19)32-28(34)18-37-30(36)22-10-8-20(9-11-22)17-31-33-29(35)27-16-25-24-5-3-2-4-21(24)12-15-26(25)38-27/h2-17H,18H2,1H3,(H,32,34)(H,33,35)/b31-17+. The van der Waals surface area contributed by atoms with Crippen LogP contribution in [0.4, 0.5) is 5.69 Å². The van der Waals surface area contributed by atoms with Gasteiger partial charge in [0.05, 0.1) is 11.8 Å². The van der Waals surface area contributed by atoms with E-state index in [1.165, 1.54) is 6.21 Å². The molecule has 8 nitrogen and oxygen atoms in total. The first-order chi connectivity index (χ1) is 18.5. The first-order valence-electron chi connectivity index (χ1n) is 11.8. The lowest BCUT2D eigenvalue weighted by Crippen LogP contribution is -2.20. The van der Waals surface area contributed by atoms with Crippen LogP contribution in [0.5, 0.6) is 0 Å². The molecule has 1 aromatic heterocycles. The molecule has 5 rings (SSSR count). The van der Waals surface area contributed by atoms with Gasteiger partial charge < -0.3 is 14.5 Å². The second kappa shape index (κ2) is 10.8. The van der Waals surface area contributed by atoms with E-state index in [1.807, 2.05) is 55.5 Å². The molecule has 2 N–H and O–H groups in total. The SMILES string of the molecule is Cc1ccc(NC(=O)COC(=O)c2ccc(/C=N/NC(=O)c3cc4c(ccc5ccccc54)o3)cc2)cc1. The quantitative estimate of drug-likeness (QED) is 0.174. The molecule has 0 spiro atoms. The van der Waals surface area contributed by atoms with Crippen LogP contribution < -0.4 is 10.7 Å². The number of anilines is 1. The summed E-state index contributed by atoms with van der Waals surface area (Å²) in [6.07, 6.45) is 1.44. The van der Waals surface area contributed by atoms with Crippen molar-refractivity contribution < 1.29 is 23.5 Å². The number of hydrogen-bond acceptors (Lipinski definition) is 6. The van der Waals surface area contributed by atoms with E-state index < -0.39 is 24.4 Å². The summed E-state index contributed by atoms with van der Waals surface area (Å²) in [6.45, 7) is 1.55. The zero-order valence-electron chi connectivity index (χ0n) is 20.4. The Labute approximate surface area is 217 Å². The molecular weight excluding hydrogens is 482 g/mol. The summed E-state index contributed by atoms with van der Waals surface area (Å²) in [4.78, 5) is 36.8. The maximum absolute atomic E-state index is 12.5. The van der Waals surface area contributed by atoms with Gasteiger partial charge >= 0.3 is 11.9 Å². The molecule has 0 saturated carbocycles. The number of amides is 2. The molecule has 0 saturated heterocycles. The van der Waals surface area contributed by atoms with Gasteiger partial charge in [0.2, 0.25) is 0 Å². The van der Waals surface area contributed by atoms with Gasteiger partial charge in [-0.05, 0) is 59.7 Å². The number of carbonyl (C=O) groups excluding carboxylic acids is 3. The van der Waals surface area contributed by atoms with Gasteiger partial charge in [-0.25, -0.2) is 10.2 Å².